The summed E-state index contributed by atoms with van der Waals surface area (Å²) in [6, 6.07) is 5.42. The number of benzene rings is 1. The van der Waals surface area contributed by atoms with Crippen LogP contribution in [0.5, 0.6) is 0 Å². The van der Waals surface area contributed by atoms with Gasteiger partial charge in [-0.2, -0.15) is 0 Å². The molecule has 0 aliphatic carbocycles. The molecule has 1 aromatic rings. The molecule has 0 amide bonds. The van der Waals surface area contributed by atoms with E-state index in [4.69, 9.17) is 5.11 Å². The molecule has 2 atom stereocenters. The van der Waals surface area contributed by atoms with Crippen molar-refractivity contribution in [3.8, 4) is 0 Å². The maximum Gasteiger partial charge on any atom is 0.306 e. The maximum atomic E-state index is 13.2. The van der Waals surface area contributed by atoms with E-state index in [9.17, 15) is 9.18 Å². The van der Waals surface area contributed by atoms with Gasteiger partial charge in [0.15, 0.2) is 0 Å². The van der Waals surface area contributed by atoms with Gasteiger partial charge in [-0.25, -0.2) is 4.39 Å². The van der Waals surface area contributed by atoms with Gasteiger partial charge in [0.1, 0.15) is 5.82 Å². The standard InChI is InChI=1S/C15H20FNO2/c1-10-7-12(3-4-14(10)16)9-17-6-5-13(15(18)19)8-11(17)2/h3-4,7,11,13H,5-6,8-9H2,1-2H3,(H,18,19). The number of aliphatic carboxylic acids is 1. The zero-order valence-electron chi connectivity index (χ0n) is 11.4. The number of hydrogen-bond acceptors (Lipinski definition) is 2. The highest BCUT2D eigenvalue weighted by molar-refractivity contribution is 5.70. The van der Waals surface area contributed by atoms with Crippen LogP contribution in [0, 0.1) is 18.7 Å². The van der Waals surface area contributed by atoms with Gasteiger partial charge in [-0.3, -0.25) is 9.69 Å². The van der Waals surface area contributed by atoms with Gasteiger partial charge >= 0.3 is 5.97 Å². The molecule has 2 rings (SSSR count). The maximum absolute atomic E-state index is 13.2. The van der Waals surface area contributed by atoms with Crippen molar-refractivity contribution in [3.63, 3.8) is 0 Å². The van der Waals surface area contributed by atoms with E-state index in [2.05, 4.69) is 11.8 Å². The Morgan fingerprint density at radius 2 is 2.26 bits per heavy atom. The van der Waals surface area contributed by atoms with E-state index in [1.165, 1.54) is 6.07 Å². The number of carboxylic acids is 1. The first-order valence-electron chi connectivity index (χ1n) is 6.69. The summed E-state index contributed by atoms with van der Waals surface area (Å²) in [5, 5.41) is 9.04. The van der Waals surface area contributed by atoms with E-state index in [0.29, 0.717) is 18.4 Å². The molecule has 4 heteroatoms. The minimum Gasteiger partial charge on any atom is -0.481 e. The van der Waals surface area contributed by atoms with Gasteiger partial charge in [-0.15, -0.1) is 0 Å². The monoisotopic (exact) mass is 265 g/mol. The van der Waals surface area contributed by atoms with E-state index in [1.807, 2.05) is 6.07 Å². The smallest absolute Gasteiger partial charge is 0.306 e. The topological polar surface area (TPSA) is 40.5 Å². The summed E-state index contributed by atoms with van der Waals surface area (Å²) in [6.45, 7) is 5.37. The summed E-state index contributed by atoms with van der Waals surface area (Å²) in [7, 11) is 0. The van der Waals surface area contributed by atoms with Crippen LogP contribution < -0.4 is 0 Å². The highest BCUT2D eigenvalue weighted by Gasteiger charge is 2.29. The quantitative estimate of drug-likeness (QED) is 0.913. The van der Waals surface area contributed by atoms with E-state index in [0.717, 1.165) is 18.7 Å². The van der Waals surface area contributed by atoms with Gasteiger partial charge in [0.05, 0.1) is 5.92 Å². The largest absolute Gasteiger partial charge is 0.481 e. The lowest BCUT2D eigenvalue weighted by atomic mass is 9.91. The predicted octanol–water partition coefficient (Wildman–Crippen LogP) is 2.82. The predicted molar refractivity (Wildman–Crippen MR) is 71.4 cm³/mol. The molecule has 19 heavy (non-hydrogen) atoms. The first kappa shape index (κ1) is 14.0. The number of halogens is 1. The average molecular weight is 265 g/mol. The number of hydrogen-bond donors (Lipinski definition) is 1. The molecule has 1 heterocycles. The molecule has 0 aromatic heterocycles. The van der Waals surface area contributed by atoms with E-state index in [-0.39, 0.29) is 17.8 Å². The Labute approximate surface area is 113 Å². The molecule has 1 aliphatic rings. The Morgan fingerprint density at radius 3 is 2.84 bits per heavy atom. The van der Waals surface area contributed by atoms with Crippen LogP contribution in [-0.4, -0.2) is 28.6 Å². The summed E-state index contributed by atoms with van der Waals surface area (Å²) >= 11 is 0. The molecule has 1 N–H and O–H groups in total. The van der Waals surface area contributed by atoms with Gasteiger partial charge in [0.25, 0.3) is 0 Å². The molecule has 2 unspecified atom stereocenters. The van der Waals surface area contributed by atoms with E-state index < -0.39 is 5.97 Å². The minimum absolute atomic E-state index is 0.179. The molecule has 1 aliphatic heterocycles. The van der Waals surface area contributed by atoms with Crippen molar-refractivity contribution < 1.29 is 14.3 Å². The van der Waals surface area contributed by atoms with Crippen LogP contribution in [-0.2, 0) is 11.3 Å². The second-order valence-corrected chi connectivity index (χ2v) is 5.46. The molecule has 104 valence electrons. The summed E-state index contributed by atoms with van der Waals surface area (Å²) < 4.78 is 13.2. The normalized spacial score (nSPS) is 24.4. The second-order valence-electron chi connectivity index (χ2n) is 5.46. The molecule has 3 nitrogen and oxygen atoms in total. The fourth-order valence-corrected chi connectivity index (χ4v) is 2.72. The number of piperidine rings is 1. The van der Waals surface area contributed by atoms with Crippen molar-refractivity contribution in [2.75, 3.05) is 6.54 Å². The zero-order chi connectivity index (χ0) is 14.0. The van der Waals surface area contributed by atoms with Crippen molar-refractivity contribution in [1.82, 2.24) is 4.90 Å². The highest BCUT2D eigenvalue weighted by Crippen LogP contribution is 2.24. The van der Waals surface area contributed by atoms with Crippen LogP contribution in [0.25, 0.3) is 0 Å². The number of likely N-dealkylation sites (tertiary alicyclic amines) is 1. The van der Waals surface area contributed by atoms with Crippen LogP contribution in [0.15, 0.2) is 18.2 Å². The van der Waals surface area contributed by atoms with Crippen molar-refractivity contribution in [2.45, 2.75) is 39.3 Å². The molecular weight excluding hydrogens is 245 g/mol. The molecule has 1 fully saturated rings. The Morgan fingerprint density at radius 1 is 1.53 bits per heavy atom. The number of aryl methyl sites for hydroxylation is 1. The Bertz CT molecular complexity index is 475. The van der Waals surface area contributed by atoms with Crippen LogP contribution in [0.1, 0.15) is 30.9 Å². The van der Waals surface area contributed by atoms with Crippen molar-refractivity contribution >= 4 is 5.97 Å². The Kier molecular flexibility index (Phi) is 4.20. The third kappa shape index (κ3) is 3.32. The minimum atomic E-state index is -0.691. The lowest BCUT2D eigenvalue weighted by Crippen LogP contribution is -2.42. The molecule has 0 saturated carbocycles. The van der Waals surface area contributed by atoms with Gasteiger partial charge < -0.3 is 5.11 Å². The molecule has 1 saturated heterocycles. The second kappa shape index (κ2) is 5.70. The fourth-order valence-electron chi connectivity index (χ4n) is 2.72. The number of carboxylic acid groups (broad SMARTS) is 1. The highest BCUT2D eigenvalue weighted by atomic mass is 19.1. The van der Waals surface area contributed by atoms with Gasteiger partial charge in [0.2, 0.25) is 0 Å². The Balaban J connectivity index is 2.00. The Hall–Kier alpha value is -1.42. The zero-order valence-corrected chi connectivity index (χ0v) is 11.4. The third-order valence-corrected chi connectivity index (χ3v) is 3.97. The molecule has 0 radical (unpaired) electrons. The first-order chi connectivity index (χ1) is 8.97. The molecule has 1 aromatic carbocycles. The van der Waals surface area contributed by atoms with Gasteiger partial charge in [0, 0.05) is 12.6 Å². The first-order valence-corrected chi connectivity index (χ1v) is 6.69. The summed E-state index contributed by atoms with van der Waals surface area (Å²) in [6.07, 6.45) is 1.38. The van der Waals surface area contributed by atoms with Crippen LogP contribution >= 0.6 is 0 Å². The summed E-state index contributed by atoms with van der Waals surface area (Å²) in [5.41, 5.74) is 1.74. The molecular formula is C15H20FNO2. The van der Waals surface area contributed by atoms with Crippen molar-refractivity contribution in [3.05, 3.63) is 35.1 Å². The number of nitrogens with zero attached hydrogens (tertiary/aromatic N) is 1. The third-order valence-electron chi connectivity index (χ3n) is 3.97. The lowest BCUT2D eigenvalue weighted by molar-refractivity contribution is -0.144. The van der Waals surface area contributed by atoms with E-state index >= 15 is 0 Å². The van der Waals surface area contributed by atoms with Crippen molar-refractivity contribution in [2.24, 2.45) is 5.92 Å². The molecule has 0 bridgehead atoms. The number of rotatable bonds is 3. The fraction of sp³-hybridized carbons (Fsp3) is 0.533. The number of carbonyl (C=O) groups is 1. The van der Waals surface area contributed by atoms with Gasteiger partial charge in [-0.05, 0) is 50.4 Å². The van der Waals surface area contributed by atoms with Crippen molar-refractivity contribution in [1.29, 1.82) is 0 Å². The van der Waals surface area contributed by atoms with Crippen LogP contribution in [0.2, 0.25) is 0 Å². The van der Waals surface area contributed by atoms with E-state index in [1.54, 1.807) is 13.0 Å². The average Bonchev–Trinajstić information content (AvgIpc) is 2.36. The van der Waals surface area contributed by atoms with Gasteiger partial charge in [-0.1, -0.05) is 12.1 Å². The summed E-state index contributed by atoms with van der Waals surface area (Å²) in [5.74, 6) is -1.09. The van der Waals surface area contributed by atoms with Crippen LogP contribution in [0.4, 0.5) is 4.39 Å². The van der Waals surface area contributed by atoms with Crippen LogP contribution in [0.3, 0.4) is 0 Å². The SMILES string of the molecule is Cc1cc(CN2CCC(C(=O)O)CC2C)ccc1F. The molecule has 0 spiro atoms. The summed E-state index contributed by atoms with van der Waals surface area (Å²) in [4.78, 5) is 13.3. The lowest BCUT2D eigenvalue weighted by Gasteiger charge is -2.36.